The van der Waals surface area contributed by atoms with Gasteiger partial charge in [-0.25, -0.2) is 27.6 Å². The normalized spacial score (nSPS) is 11.1. The zero-order valence-corrected chi connectivity index (χ0v) is 53.1. The van der Waals surface area contributed by atoms with Gasteiger partial charge in [0.2, 0.25) is 22.1 Å². The van der Waals surface area contributed by atoms with E-state index in [1.54, 1.807) is 97.6 Å². The average Bonchev–Trinajstić information content (AvgIpc) is 0.755. The van der Waals surface area contributed by atoms with Crippen LogP contribution in [-0.2, 0) is 44.0 Å². The number of ether oxygens (including phenoxy) is 9. The minimum absolute atomic E-state index is 0.0705. The summed E-state index contributed by atoms with van der Waals surface area (Å²) < 4.78 is 87.2. The van der Waals surface area contributed by atoms with Gasteiger partial charge < -0.3 is 58.0 Å². The zero-order chi connectivity index (χ0) is 65.2. The maximum absolute atomic E-state index is 14.2. The number of nitrogens with two attached hydrogens (primary N) is 1. The molecule has 0 amide bonds. The number of fused-ring (bicyclic) bond motifs is 4. The monoisotopic (exact) mass is 1250 g/mol. The van der Waals surface area contributed by atoms with Gasteiger partial charge in [0.15, 0.2) is 6.54 Å². The number of methoxy groups -OCH3 is 5. The van der Waals surface area contributed by atoms with Crippen LogP contribution in [0.4, 0.5) is 0 Å². The van der Waals surface area contributed by atoms with E-state index in [4.69, 9.17) is 48.4 Å². The van der Waals surface area contributed by atoms with Crippen LogP contribution in [0.15, 0.2) is 127 Å². The molecule has 0 atom stereocenters. The average molecular weight is 1250 g/mol. The summed E-state index contributed by atoms with van der Waals surface area (Å²) in [6.07, 6.45) is 2.07. The third kappa shape index (κ3) is 16.9. The third-order valence-electron chi connectivity index (χ3n) is 14.7. The number of aromatic carboxylic acids is 1. The molecule has 0 saturated heterocycles. The first-order valence-corrected chi connectivity index (χ1v) is 30.6. The molecule has 0 aliphatic carbocycles. The minimum atomic E-state index is -4.42. The zero-order valence-electron chi connectivity index (χ0n) is 52.3. The van der Waals surface area contributed by atoms with Crippen molar-refractivity contribution in [2.75, 3.05) is 67.7 Å². The van der Waals surface area contributed by atoms with Gasteiger partial charge in [-0.3, -0.25) is 0 Å². The lowest BCUT2D eigenvalue weighted by Crippen LogP contribution is -2.37. The second-order valence-corrected chi connectivity index (χ2v) is 22.5. The smallest absolute Gasteiger partial charge is 0.345 e. The molecule has 2 heterocycles. The van der Waals surface area contributed by atoms with Crippen molar-refractivity contribution in [2.24, 2.45) is 5.73 Å². The lowest BCUT2D eigenvalue weighted by molar-refractivity contribution is -0.645. The fourth-order valence-electron chi connectivity index (χ4n) is 10.4. The molecule has 7 aromatic carbocycles. The number of hydrogen-bond acceptors (Lipinski definition) is 17. The van der Waals surface area contributed by atoms with Crippen LogP contribution in [0.25, 0.3) is 43.6 Å². The lowest BCUT2D eigenvalue weighted by Gasteiger charge is -2.16. The molecule has 3 N–H and O–H groups in total. The number of carbonyl (C=O) groups is 4. The highest BCUT2D eigenvalue weighted by molar-refractivity contribution is 7.85. The van der Waals surface area contributed by atoms with Gasteiger partial charge in [0.1, 0.15) is 47.6 Å². The summed E-state index contributed by atoms with van der Waals surface area (Å²) in [5, 5.41) is 11.8. The van der Waals surface area contributed by atoms with Gasteiger partial charge in [-0.05, 0) is 128 Å². The summed E-state index contributed by atoms with van der Waals surface area (Å²) in [6, 6.07) is 37.4. The minimum Gasteiger partial charge on any atom is -0.748 e. The largest absolute Gasteiger partial charge is 0.748 e. The second-order valence-electron chi connectivity index (χ2n) is 21.0. The van der Waals surface area contributed by atoms with E-state index in [9.17, 15) is 37.3 Å². The molecule has 0 unspecified atom stereocenters. The highest BCUT2D eigenvalue weighted by Gasteiger charge is 2.30. The maximum Gasteiger partial charge on any atom is 0.345 e. The Morgan fingerprint density at radius 2 is 0.922 bits per heavy atom. The molecule has 0 radical (unpaired) electrons. The van der Waals surface area contributed by atoms with Crippen LogP contribution in [0.3, 0.4) is 0 Å². The predicted octanol–water partition coefficient (Wildman–Crippen LogP) is 10.7. The number of nitrogens with zero attached hydrogens (tertiary/aromatic N) is 2. The molecule has 21 heteroatoms. The van der Waals surface area contributed by atoms with Crippen molar-refractivity contribution in [1.29, 1.82) is 0 Å². The first-order valence-electron chi connectivity index (χ1n) is 29.0. The number of benzene rings is 7. The van der Waals surface area contributed by atoms with Crippen molar-refractivity contribution in [3.8, 4) is 34.5 Å². The van der Waals surface area contributed by atoms with Crippen molar-refractivity contribution < 1.29 is 89.0 Å². The van der Waals surface area contributed by atoms with Crippen LogP contribution in [0.5, 0.6) is 34.5 Å². The fourth-order valence-corrected chi connectivity index (χ4v) is 10.9. The Hall–Kier alpha value is -9.25. The Morgan fingerprint density at radius 1 is 0.522 bits per heavy atom. The van der Waals surface area contributed by atoms with Crippen molar-refractivity contribution in [3.63, 3.8) is 0 Å². The number of carbonyl (C=O) groups excluding carboxylic acids is 3. The summed E-state index contributed by atoms with van der Waals surface area (Å²) in [4.78, 5) is 52.3. The molecule has 90 heavy (non-hydrogen) atoms. The number of aryl methyl sites for hydroxylation is 6. The van der Waals surface area contributed by atoms with Crippen LogP contribution >= 0.6 is 0 Å². The summed E-state index contributed by atoms with van der Waals surface area (Å²) in [6.45, 7) is 12.7. The van der Waals surface area contributed by atoms with Crippen molar-refractivity contribution in [3.05, 3.63) is 177 Å². The first kappa shape index (κ1) is 68.2. The summed E-state index contributed by atoms with van der Waals surface area (Å²) >= 11 is 0. The lowest BCUT2D eigenvalue weighted by atomic mass is 10.0. The number of carboxylic acid groups (broad SMARTS) is 1. The van der Waals surface area contributed by atoms with E-state index in [1.165, 1.54) is 26.4 Å². The molecule has 0 spiro atoms. The second kappa shape index (κ2) is 31.8. The van der Waals surface area contributed by atoms with Gasteiger partial charge in [-0.2, -0.15) is 9.13 Å². The van der Waals surface area contributed by atoms with Crippen LogP contribution in [0, 0.1) is 27.7 Å². The molecule has 9 aromatic rings. The van der Waals surface area contributed by atoms with E-state index in [-0.39, 0.29) is 30.7 Å². The Balaban J connectivity index is 0.000000233. The molecule has 9 rings (SSSR count). The molecule has 474 valence electrons. The number of unbranched alkanes of at least 4 members (excludes halogenated alkanes) is 1. The number of pyridine rings is 2. The van der Waals surface area contributed by atoms with Crippen LogP contribution < -0.4 is 43.3 Å². The Morgan fingerprint density at radius 3 is 1.28 bits per heavy atom. The van der Waals surface area contributed by atoms with Crippen molar-refractivity contribution >= 4 is 77.6 Å². The van der Waals surface area contributed by atoms with Gasteiger partial charge in [-0.15, -0.1) is 0 Å². The van der Waals surface area contributed by atoms with E-state index in [2.05, 4.69) is 11.5 Å². The number of hydrogen-bond donors (Lipinski definition) is 2. The first-order chi connectivity index (χ1) is 43.2. The van der Waals surface area contributed by atoms with Gasteiger partial charge in [0.05, 0.1) is 102 Å². The van der Waals surface area contributed by atoms with Crippen molar-refractivity contribution in [1.82, 2.24) is 0 Å². The van der Waals surface area contributed by atoms with Crippen LogP contribution in [0.1, 0.15) is 95.4 Å². The van der Waals surface area contributed by atoms with Crippen LogP contribution in [0.2, 0.25) is 0 Å². The third-order valence-corrected chi connectivity index (χ3v) is 15.5. The molecule has 2 aromatic heterocycles. The topological polar surface area (TPSA) is 263 Å². The van der Waals surface area contributed by atoms with Gasteiger partial charge in [0.25, 0.3) is 0 Å². The van der Waals surface area contributed by atoms with E-state index in [0.717, 1.165) is 36.0 Å². The molecule has 20 nitrogen and oxygen atoms in total. The van der Waals surface area contributed by atoms with E-state index < -0.39 is 39.7 Å². The quantitative estimate of drug-likeness (QED) is 0.0142. The fraction of sp³-hybridized carbons (Fsp3) is 0.304. The van der Waals surface area contributed by atoms with Gasteiger partial charge in [-0.1, -0.05) is 43.7 Å². The maximum atomic E-state index is 14.2. The molecule has 0 bridgehead atoms. The Kier molecular flexibility index (Phi) is 24.1. The summed E-state index contributed by atoms with van der Waals surface area (Å²) in [7, 11) is 3.42. The van der Waals surface area contributed by atoms with E-state index in [0.29, 0.717) is 127 Å². The van der Waals surface area contributed by atoms with Gasteiger partial charge in [0, 0.05) is 56.5 Å². The number of aromatic nitrogens is 2. The number of carboxylic acids is 1. The van der Waals surface area contributed by atoms with Gasteiger partial charge >= 0.3 is 23.9 Å². The molecular formula is C69H76N3O17S+. The Bertz CT molecular complexity index is 4010. The molecule has 0 fully saturated rings. The van der Waals surface area contributed by atoms with Crippen LogP contribution in [-0.4, -0.2) is 110 Å². The van der Waals surface area contributed by atoms with Crippen molar-refractivity contribution in [2.45, 2.75) is 73.6 Å². The highest BCUT2D eigenvalue weighted by Crippen LogP contribution is 2.36. The molecule has 0 saturated carbocycles. The number of esters is 3. The molecule has 0 aliphatic rings. The van der Waals surface area contributed by atoms with E-state index in [1.807, 2.05) is 71.3 Å². The Labute approximate surface area is 523 Å². The van der Waals surface area contributed by atoms with E-state index >= 15 is 0 Å². The SMILES string of the molecule is CCCC[n+]1c2ccc(OC)cc2c(C(=O)Oc2c(C)cc(C(=O)O)cc2C)c2cc(OC)ccc21.COCCOCCN.COc1ccc2c(c1)c(C(=O)Oc1c(C)cc(C(=O)OCc3ccccc3)cc1C)c1cc(OC)ccc1[n+]2CCCS(=O)(=O)[O-]. The number of rotatable bonds is 24. The highest BCUT2D eigenvalue weighted by atomic mass is 32.2. The summed E-state index contributed by atoms with van der Waals surface area (Å²) in [5.41, 5.74) is 12.4. The molecule has 0 aliphatic heterocycles. The predicted molar refractivity (Wildman–Crippen MR) is 340 cm³/mol. The summed E-state index contributed by atoms with van der Waals surface area (Å²) in [5.74, 6) is -0.387. The molecular weight excluding hydrogens is 1170 g/mol. The standard InChI is InChI=1S/C35H33NO9S.C29H29NO6.C5H13NO2/c1-22-17-25(34(37)44-21-24-9-6-5-7-10-24)18-23(2)33(22)45-35(38)32-28-19-26(42-3)11-13-30(28)36(15-8-16-46(39,40)41)31-14-12-27(43-4)20-29(31)32;1-6-7-12-30-24-10-8-20(34-4)15-22(24)26(23-16-21(35-5)9-11-25(23)30)29(33)36-27-17(2)13-19(28(31)32)14-18(27)3;1-7-4-5-8-3-2-6/h5-7,9-14,17-20H,8,15-16,21H2,1-4H3;8-11,13-16H,6-7,12H2,1-5H3;2-6H2,1H3/p+1.